The topological polar surface area (TPSA) is 26.3 Å². The monoisotopic (exact) mass is 242 g/mol. The molecule has 0 radical (unpaired) electrons. The molecule has 0 saturated carbocycles. The molecule has 1 aliphatic rings. The quantitative estimate of drug-likeness (QED) is 0.462. The van der Waals surface area contributed by atoms with Gasteiger partial charge in [0.25, 0.3) is 0 Å². The number of hydrogen-bond donors (Lipinski definition) is 0. The minimum absolute atomic E-state index is 0.279. The molecular weight excluding hydrogens is 224 g/mol. The Bertz CT molecular complexity index is 486. The molecule has 0 aromatic heterocycles. The summed E-state index contributed by atoms with van der Waals surface area (Å²) >= 11 is 0. The summed E-state index contributed by atoms with van der Waals surface area (Å²) < 4.78 is 4.61. The Balaban J connectivity index is 2.18. The molecule has 0 amide bonds. The van der Waals surface area contributed by atoms with Gasteiger partial charge in [0.1, 0.15) is 0 Å². The summed E-state index contributed by atoms with van der Waals surface area (Å²) in [5.41, 5.74) is 2.74. The van der Waals surface area contributed by atoms with Gasteiger partial charge in [-0.25, -0.2) is 4.79 Å². The van der Waals surface area contributed by atoms with Crippen LogP contribution in [-0.2, 0) is 16.0 Å². The number of benzene rings is 1. The molecule has 18 heavy (non-hydrogen) atoms. The second-order valence-electron chi connectivity index (χ2n) is 4.60. The average molecular weight is 242 g/mol. The molecule has 0 aliphatic heterocycles. The summed E-state index contributed by atoms with van der Waals surface area (Å²) in [5.74, 6) is 0.326. The first kappa shape index (κ1) is 12.6. The highest BCUT2D eigenvalue weighted by Gasteiger charge is 2.19. The van der Waals surface area contributed by atoms with Crippen molar-refractivity contribution in [3.63, 3.8) is 0 Å². The Hall–Kier alpha value is -1.83. The maximum atomic E-state index is 11.1. The summed E-state index contributed by atoms with van der Waals surface area (Å²) in [4.78, 5) is 11.1. The molecule has 1 aromatic rings. The van der Waals surface area contributed by atoms with Crippen LogP contribution in [-0.4, -0.2) is 13.1 Å². The third-order valence-corrected chi connectivity index (χ3v) is 3.40. The highest BCUT2D eigenvalue weighted by atomic mass is 16.5. The number of allylic oxidation sites excluding steroid dienone is 3. The van der Waals surface area contributed by atoms with Gasteiger partial charge in [-0.15, -0.1) is 0 Å². The third-order valence-electron chi connectivity index (χ3n) is 3.40. The van der Waals surface area contributed by atoms with Crippen molar-refractivity contribution in [2.45, 2.75) is 19.3 Å². The Morgan fingerprint density at radius 1 is 1.44 bits per heavy atom. The van der Waals surface area contributed by atoms with Gasteiger partial charge in [-0.05, 0) is 23.5 Å². The maximum absolute atomic E-state index is 11.1. The van der Waals surface area contributed by atoms with Crippen molar-refractivity contribution >= 4 is 5.97 Å². The van der Waals surface area contributed by atoms with Crippen molar-refractivity contribution in [3.05, 3.63) is 59.7 Å². The first-order valence-corrected chi connectivity index (χ1v) is 6.23. The van der Waals surface area contributed by atoms with E-state index < -0.39 is 0 Å². The van der Waals surface area contributed by atoms with E-state index in [-0.39, 0.29) is 11.9 Å². The molecule has 0 spiro atoms. The standard InChI is InChI=1S/C16H18O2/c1-12(10-11-16(17)18-2)14-9-5-7-13-6-3-4-8-15(13)14/h3-6,8-12,14H,7H2,1-2H3/b11-10+/t12-,14+/m1/s1. The third kappa shape index (κ3) is 2.70. The van der Waals surface area contributed by atoms with Crippen LogP contribution >= 0.6 is 0 Å². The summed E-state index contributed by atoms with van der Waals surface area (Å²) in [7, 11) is 1.40. The number of esters is 1. The van der Waals surface area contributed by atoms with E-state index in [0.29, 0.717) is 5.92 Å². The van der Waals surface area contributed by atoms with Crippen molar-refractivity contribution in [3.8, 4) is 0 Å². The van der Waals surface area contributed by atoms with Crippen molar-refractivity contribution in [2.75, 3.05) is 7.11 Å². The van der Waals surface area contributed by atoms with E-state index in [4.69, 9.17) is 0 Å². The van der Waals surface area contributed by atoms with E-state index in [1.807, 2.05) is 6.08 Å². The van der Waals surface area contributed by atoms with Crippen molar-refractivity contribution < 1.29 is 9.53 Å². The first-order chi connectivity index (χ1) is 8.72. The van der Waals surface area contributed by atoms with Crippen molar-refractivity contribution in [1.82, 2.24) is 0 Å². The fraction of sp³-hybridized carbons (Fsp3) is 0.312. The largest absolute Gasteiger partial charge is 0.466 e. The molecule has 0 bridgehead atoms. The summed E-state index contributed by atoms with van der Waals surface area (Å²) in [5, 5.41) is 0. The molecular formula is C16H18O2. The fourth-order valence-corrected chi connectivity index (χ4v) is 2.37. The SMILES string of the molecule is COC(=O)/C=C/[C@@H](C)[C@@H]1C=CCc2ccccc21. The zero-order chi connectivity index (χ0) is 13.0. The molecule has 2 atom stereocenters. The van der Waals surface area contributed by atoms with Crippen LogP contribution in [0.4, 0.5) is 0 Å². The van der Waals surface area contributed by atoms with Crippen LogP contribution < -0.4 is 0 Å². The molecule has 0 saturated heterocycles. The maximum Gasteiger partial charge on any atom is 0.330 e. The number of methoxy groups -OCH3 is 1. The number of ether oxygens (including phenoxy) is 1. The molecule has 94 valence electrons. The molecule has 2 rings (SSSR count). The summed E-state index contributed by atoms with van der Waals surface area (Å²) in [6.45, 7) is 2.12. The number of carbonyl (C=O) groups excluding carboxylic acids is 1. The molecule has 1 aromatic carbocycles. The number of rotatable bonds is 3. The molecule has 0 unspecified atom stereocenters. The van der Waals surface area contributed by atoms with E-state index in [1.165, 1.54) is 24.3 Å². The van der Waals surface area contributed by atoms with Crippen LogP contribution in [0.2, 0.25) is 0 Å². The van der Waals surface area contributed by atoms with Crippen LogP contribution in [0.5, 0.6) is 0 Å². The summed E-state index contributed by atoms with van der Waals surface area (Å²) in [6.07, 6.45) is 8.86. The van der Waals surface area contributed by atoms with Gasteiger partial charge in [-0.1, -0.05) is 49.4 Å². The summed E-state index contributed by atoms with van der Waals surface area (Å²) in [6, 6.07) is 8.49. The Kier molecular flexibility index (Phi) is 3.98. The number of carbonyl (C=O) groups is 1. The second kappa shape index (κ2) is 5.67. The Labute approximate surface area is 108 Å². The number of hydrogen-bond acceptors (Lipinski definition) is 2. The zero-order valence-electron chi connectivity index (χ0n) is 10.8. The minimum Gasteiger partial charge on any atom is -0.466 e. The molecule has 0 N–H and O–H groups in total. The molecule has 2 heteroatoms. The normalized spacial score (nSPS) is 19.6. The zero-order valence-corrected chi connectivity index (χ0v) is 10.8. The highest BCUT2D eigenvalue weighted by molar-refractivity contribution is 5.81. The van der Waals surface area contributed by atoms with E-state index >= 15 is 0 Å². The van der Waals surface area contributed by atoms with Gasteiger partial charge in [0.15, 0.2) is 0 Å². The lowest BCUT2D eigenvalue weighted by Crippen LogP contribution is -2.11. The molecule has 2 nitrogen and oxygen atoms in total. The lowest BCUT2D eigenvalue weighted by molar-refractivity contribution is -0.134. The highest BCUT2D eigenvalue weighted by Crippen LogP contribution is 2.33. The van der Waals surface area contributed by atoms with Crippen molar-refractivity contribution in [1.29, 1.82) is 0 Å². The number of fused-ring (bicyclic) bond motifs is 1. The molecule has 1 aliphatic carbocycles. The van der Waals surface area contributed by atoms with E-state index in [2.05, 4.69) is 48.1 Å². The smallest absolute Gasteiger partial charge is 0.330 e. The van der Waals surface area contributed by atoms with Crippen LogP contribution in [0.1, 0.15) is 24.0 Å². The van der Waals surface area contributed by atoms with Gasteiger partial charge in [-0.3, -0.25) is 0 Å². The van der Waals surface area contributed by atoms with Gasteiger partial charge in [0, 0.05) is 12.0 Å². The average Bonchev–Trinajstić information content (AvgIpc) is 2.43. The van der Waals surface area contributed by atoms with Gasteiger partial charge in [0.2, 0.25) is 0 Å². The van der Waals surface area contributed by atoms with Crippen LogP contribution in [0, 0.1) is 5.92 Å². The fourth-order valence-electron chi connectivity index (χ4n) is 2.37. The Morgan fingerprint density at radius 3 is 3.00 bits per heavy atom. The van der Waals surface area contributed by atoms with E-state index in [1.54, 1.807) is 0 Å². The van der Waals surface area contributed by atoms with Crippen molar-refractivity contribution in [2.24, 2.45) is 5.92 Å². The molecule has 0 heterocycles. The van der Waals surface area contributed by atoms with E-state index in [9.17, 15) is 4.79 Å². The predicted molar refractivity (Wildman–Crippen MR) is 72.3 cm³/mol. The molecule has 0 fully saturated rings. The van der Waals surface area contributed by atoms with Gasteiger partial charge >= 0.3 is 5.97 Å². The van der Waals surface area contributed by atoms with Crippen LogP contribution in [0.25, 0.3) is 0 Å². The Morgan fingerprint density at radius 2 is 2.22 bits per heavy atom. The lowest BCUT2D eigenvalue weighted by Gasteiger charge is -2.24. The van der Waals surface area contributed by atoms with E-state index in [0.717, 1.165) is 6.42 Å². The minimum atomic E-state index is -0.296. The lowest BCUT2D eigenvalue weighted by atomic mass is 9.80. The van der Waals surface area contributed by atoms with Crippen LogP contribution in [0.3, 0.4) is 0 Å². The predicted octanol–water partition coefficient (Wildman–Crippen LogP) is 3.25. The van der Waals surface area contributed by atoms with Gasteiger partial charge in [-0.2, -0.15) is 0 Å². The van der Waals surface area contributed by atoms with Crippen LogP contribution in [0.15, 0.2) is 48.6 Å². The van der Waals surface area contributed by atoms with Gasteiger partial charge in [0.05, 0.1) is 7.11 Å². The first-order valence-electron chi connectivity index (χ1n) is 6.23. The second-order valence-corrected chi connectivity index (χ2v) is 4.60. The van der Waals surface area contributed by atoms with Gasteiger partial charge < -0.3 is 4.74 Å².